The van der Waals surface area contributed by atoms with Crippen LogP contribution in [-0.4, -0.2) is 18.5 Å². The van der Waals surface area contributed by atoms with E-state index in [4.69, 9.17) is 0 Å². The van der Waals surface area contributed by atoms with E-state index in [2.05, 4.69) is 54.4 Å². The normalized spacial score (nSPS) is 16.5. The van der Waals surface area contributed by atoms with Crippen molar-refractivity contribution in [3.63, 3.8) is 0 Å². The van der Waals surface area contributed by atoms with Gasteiger partial charge in [-0.25, -0.2) is 0 Å². The molecule has 0 saturated heterocycles. The average molecular weight is 253 g/mol. The van der Waals surface area contributed by atoms with E-state index in [-0.39, 0.29) is 0 Å². The summed E-state index contributed by atoms with van der Waals surface area (Å²) >= 11 is 0. The van der Waals surface area contributed by atoms with Crippen LogP contribution in [0.3, 0.4) is 0 Å². The lowest BCUT2D eigenvalue weighted by Gasteiger charge is -2.21. The van der Waals surface area contributed by atoms with Crippen LogP contribution < -0.4 is 0 Å². The molecule has 1 heteroatoms. The quantitative estimate of drug-likeness (QED) is 0.777. The van der Waals surface area contributed by atoms with Crippen LogP contribution in [0.4, 0.5) is 0 Å². The summed E-state index contributed by atoms with van der Waals surface area (Å²) in [6, 6.07) is 15.4. The molecule has 0 N–H and O–H groups in total. The summed E-state index contributed by atoms with van der Waals surface area (Å²) in [5.41, 5.74) is 1.46. The molecule has 1 aliphatic rings. The standard InChI is InChI=1S/C18H23N/c1-19(13-15-7-2-3-8-15)14-17-11-6-10-16-9-4-5-12-18(16)17/h4-6,9-12,15H,2-3,7-8,13-14H2,1H3. The maximum absolute atomic E-state index is 2.50. The average Bonchev–Trinajstić information content (AvgIpc) is 2.92. The Morgan fingerprint density at radius 1 is 1.00 bits per heavy atom. The van der Waals surface area contributed by atoms with Gasteiger partial charge in [0.05, 0.1) is 0 Å². The Bertz CT molecular complexity index is 535. The van der Waals surface area contributed by atoms with Crippen LogP contribution >= 0.6 is 0 Å². The molecule has 2 aromatic rings. The highest BCUT2D eigenvalue weighted by Crippen LogP contribution is 2.26. The SMILES string of the molecule is CN(Cc1cccc2ccccc12)CC1CCCC1. The molecule has 0 unspecified atom stereocenters. The van der Waals surface area contributed by atoms with Crippen LogP contribution in [0.2, 0.25) is 0 Å². The van der Waals surface area contributed by atoms with Crippen molar-refractivity contribution in [3.8, 4) is 0 Å². The lowest BCUT2D eigenvalue weighted by molar-refractivity contribution is 0.272. The van der Waals surface area contributed by atoms with Crippen molar-refractivity contribution in [2.75, 3.05) is 13.6 Å². The topological polar surface area (TPSA) is 3.24 Å². The minimum absolute atomic E-state index is 0.931. The molecule has 3 rings (SSSR count). The van der Waals surface area contributed by atoms with Gasteiger partial charge in [0.2, 0.25) is 0 Å². The van der Waals surface area contributed by atoms with Crippen molar-refractivity contribution in [2.45, 2.75) is 32.2 Å². The van der Waals surface area contributed by atoms with Crippen LogP contribution in [-0.2, 0) is 6.54 Å². The first kappa shape index (κ1) is 12.7. The van der Waals surface area contributed by atoms with E-state index >= 15 is 0 Å². The molecular formula is C18H23N. The lowest BCUT2D eigenvalue weighted by atomic mass is 10.0. The van der Waals surface area contributed by atoms with Gasteiger partial charge in [-0.2, -0.15) is 0 Å². The first-order chi connectivity index (χ1) is 9.33. The monoisotopic (exact) mass is 253 g/mol. The van der Waals surface area contributed by atoms with Gasteiger partial charge in [0, 0.05) is 13.1 Å². The van der Waals surface area contributed by atoms with Gasteiger partial charge in [-0.3, -0.25) is 0 Å². The zero-order valence-corrected chi connectivity index (χ0v) is 11.8. The van der Waals surface area contributed by atoms with Gasteiger partial charge in [0.15, 0.2) is 0 Å². The van der Waals surface area contributed by atoms with Crippen molar-refractivity contribution in [2.24, 2.45) is 5.92 Å². The Hall–Kier alpha value is -1.34. The number of hydrogen-bond acceptors (Lipinski definition) is 1. The van der Waals surface area contributed by atoms with Crippen molar-refractivity contribution in [1.29, 1.82) is 0 Å². The second-order valence-electron chi connectivity index (χ2n) is 5.99. The third-order valence-corrected chi connectivity index (χ3v) is 4.36. The third kappa shape index (κ3) is 2.98. The minimum atomic E-state index is 0.931. The summed E-state index contributed by atoms with van der Waals surface area (Å²) in [5, 5.41) is 2.76. The molecule has 19 heavy (non-hydrogen) atoms. The molecule has 100 valence electrons. The molecule has 2 aromatic carbocycles. The molecule has 1 aliphatic carbocycles. The van der Waals surface area contributed by atoms with E-state index in [1.807, 2.05) is 0 Å². The highest BCUT2D eigenvalue weighted by atomic mass is 15.1. The zero-order chi connectivity index (χ0) is 13.1. The second kappa shape index (κ2) is 5.75. The first-order valence-electron chi connectivity index (χ1n) is 7.48. The molecule has 0 aromatic heterocycles. The molecule has 0 spiro atoms. The van der Waals surface area contributed by atoms with Gasteiger partial charge in [0.1, 0.15) is 0 Å². The van der Waals surface area contributed by atoms with E-state index in [1.165, 1.54) is 48.6 Å². The highest BCUT2D eigenvalue weighted by molar-refractivity contribution is 5.85. The summed E-state index contributed by atoms with van der Waals surface area (Å²) in [6.07, 6.45) is 5.74. The molecule has 1 nitrogen and oxygen atoms in total. The lowest BCUT2D eigenvalue weighted by Crippen LogP contribution is -2.24. The molecular weight excluding hydrogens is 230 g/mol. The van der Waals surface area contributed by atoms with Crippen molar-refractivity contribution >= 4 is 10.8 Å². The Balaban J connectivity index is 1.73. The van der Waals surface area contributed by atoms with Crippen molar-refractivity contribution in [3.05, 3.63) is 48.0 Å². The van der Waals surface area contributed by atoms with E-state index < -0.39 is 0 Å². The summed E-state index contributed by atoms with van der Waals surface area (Å²) in [6.45, 7) is 2.32. The maximum Gasteiger partial charge on any atom is 0.0236 e. The van der Waals surface area contributed by atoms with Crippen LogP contribution in [0.25, 0.3) is 10.8 Å². The summed E-state index contributed by atoms with van der Waals surface area (Å²) in [7, 11) is 2.26. The van der Waals surface area contributed by atoms with E-state index in [0.717, 1.165) is 12.5 Å². The first-order valence-corrected chi connectivity index (χ1v) is 7.48. The molecule has 0 bridgehead atoms. The number of nitrogens with zero attached hydrogens (tertiary/aromatic N) is 1. The smallest absolute Gasteiger partial charge is 0.0236 e. The second-order valence-corrected chi connectivity index (χ2v) is 5.99. The van der Waals surface area contributed by atoms with Gasteiger partial charge in [-0.1, -0.05) is 55.3 Å². The van der Waals surface area contributed by atoms with Crippen LogP contribution in [0.5, 0.6) is 0 Å². The third-order valence-electron chi connectivity index (χ3n) is 4.36. The minimum Gasteiger partial charge on any atom is -0.302 e. The summed E-state index contributed by atoms with van der Waals surface area (Å²) in [4.78, 5) is 2.50. The largest absolute Gasteiger partial charge is 0.302 e. The molecule has 1 fully saturated rings. The molecule has 0 aliphatic heterocycles. The van der Waals surface area contributed by atoms with E-state index in [9.17, 15) is 0 Å². The summed E-state index contributed by atoms with van der Waals surface area (Å²) in [5.74, 6) is 0.931. The Morgan fingerprint density at radius 3 is 2.58 bits per heavy atom. The van der Waals surface area contributed by atoms with Crippen LogP contribution in [0.1, 0.15) is 31.2 Å². The fourth-order valence-corrected chi connectivity index (χ4v) is 3.42. The predicted octanol–water partition coefficient (Wildman–Crippen LogP) is 4.46. The Kier molecular flexibility index (Phi) is 3.84. The Labute approximate surface area is 116 Å². The number of fused-ring (bicyclic) bond motifs is 1. The van der Waals surface area contributed by atoms with Gasteiger partial charge in [-0.15, -0.1) is 0 Å². The van der Waals surface area contributed by atoms with Gasteiger partial charge < -0.3 is 4.90 Å². The fraction of sp³-hybridized carbons (Fsp3) is 0.444. The zero-order valence-electron chi connectivity index (χ0n) is 11.8. The van der Waals surface area contributed by atoms with E-state index in [1.54, 1.807) is 0 Å². The fourth-order valence-electron chi connectivity index (χ4n) is 3.42. The van der Waals surface area contributed by atoms with E-state index in [0.29, 0.717) is 0 Å². The predicted molar refractivity (Wildman–Crippen MR) is 82.2 cm³/mol. The molecule has 0 heterocycles. The molecule has 0 amide bonds. The van der Waals surface area contributed by atoms with Crippen LogP contribution in [0, 0.1) is 5.92 Å². The van der Waals surface area contributed by atoms with Gasteiger partial charge in [-0.05, 0) is 42.1 Å². The maximum atomic E-state index is 2.50. The van der Waals surface area contributed by atoms with Gasteiger partial charge >= 0.3 is 0 Å². The number of hydrogen-bond donors (Lipinski definition) is 0. The highest BCUT2D eigenvalue weighted by Gasteiger charge is 2.17. The molecule has 0 radical (unpaired) electrons. The number of rotatable bonds is 4. The summed E-state index contributed by atoms with van der Waals surface area (Å²) < 4.78 is 0. The molecule has 1 saturated carbocycles. The Morgan fingerprint density at radius 2 is 1.74 bits per heavy atom. The van der Waals surface area contributed by atoms with Gasteiger partial charge in [0.25, 0.3) is 0 Å². The van der Waals surface area contributed by atoms with Crippen molar-refractivity contribution < 1.29 is 0 Å². The molecule has 0 atom stereocenters. The van der Waals surface area contributed by atoms with Crippen LogP contribution in [0.15, 0.2) is 42.5 Å². The van der Waals surface area contributed by atoms with Crippen molar-refractivity contribution in [1.82, 2.24) is 4.90 Å². The number of benzene rings is 2.